The summed E-state index contributed by atoms with van der Waals surface area (Å²) in [7, 11) is 0. The van der Waals surface area contributed by atoms with Crippen LogP contribution in [0, 0.1) is 11.7 Å². The molecule has 1 aromatic heterocycles. The number of pyridine rings is 1. The molecule has 3 aliphatic heterocycles. The van der Waals surface area contributed by atoms with Gasteiger partial charge in [0.05, 0.1) is 31.1 Å². The molecular weight excluding hydrogens is 443 g/mol. The number of carbonyl (C=O) groups excluding carboxylic acids is 2. The molecule has 0 unspecified atom stereocenters. The molecule has 0 N–H and O–H groups in total. The Morgan fingerprint density at radius 2 is 1.71 bits per heavy atom. The minimum atomic E-state index is -0.557. The number of hydrogen-bond donors (Lipinski definition) is 0. The van der Waals surface area contributed by atoms with Crippen molar-refractivity contribution < 1.29 is 23.2 Å². The molecule has 1 aliphatic carbocycles. The molecule has 1 aromatic carbocycles. The number of rotatable bonds is 7. The number of halogens is 1. The molecule has 4 fully saturated rings. The number of piperidine rings is 3. The third kappa shape index (κ3) is 5.18. The molecule has 35 heavy (non-hydrogen) atoms. The zero-order valence-corrected chi connectivity index (χ0v) is 20.5. The molecule has 2 bridgehead atoms. The van der Waals surface area contributed by atoms with Crippen LogP contribution in [0.15, 0.2) is 48.7 Å². The molecule has 4 aliphatic rings. The van der Waals surface area contributed by atoms with Crippen molar-refractivity contribution in [1.29, 1.82) is 0 Å². The Labute approximate surface area is 207 Å². The average Bonchev–Trinajstić information content (AvgIpc) is 3.14. The van der Waals surface area contributed by atoms with Crippen molar-refractivity contribution in [2.45, 2.75) is 69.3 Å². The van der Waals surface area contributed by atoms with Crippen LogP contribution in [-0.4, -0.2) is 53.5 Å². The van der Waals surface area contributed by atoms with Crippen molar-refractivity contribution in [1.82, 2.24) is 4.98 Å². The summed E-state index contributed by atoms with van der Waals surface area (Å²) in [4.78, 5) is 30.9. The Balaban J connectivity index is 1.29. The van der Waals surface area contributed by atoms with E-state index < -0.39 is 11.2 Å². The topological polar surface area (TPSA) is 56.3 Å². The maximum atomic E-state index is 13.9. The highest BCUT2D eigenvalue weighted by Gasteiger charge is 2.50. The summed E-state index contributed by atoms with van der Waals surface area (Å²) < 4.78 is 20.2. The number of benzene rings is 1. The van der Waals surface area contributed by atoms with Gasteiger partial charge in [0.2, 0.25) is 0 Å². The molecule has 5 nitrogen and oxygen atoms in total. The molecule has 186 valence electrons. The van der Waals surface area contributed by atoms with E-state index in [9.17, 15) is 14.0 Å². The summed E-state index contributed by atoms with van der Waals surface area (Å²) in [6, 6.07) is 13.1. The summed E-state index contributed by atoms with van der Waals surface area (Å²) in [6.07, 6.45) is 9.32. The van der Waals surface area contributed by atoms with Crippen LogP contribution in [0.25, 0.3) is 0 Å². The monoisotopic (exact) mass is 479 g/mol. The normalized spacial score (nSPS) is 27.7. The first kappa shape index (κ1) is 24.1. The molecule has 0 amide bonds. The molecule has 3 saturated heterocycles. The summed E-state index contributed by atoms with van der Waals surface area (Å²) in [5.41, 5.74) is 1.13. The molecule has 0 radical (unpaired) electrons. The fraction of sp³-hybridized carbons (Fsp3) is 0.552. The van der Waals surface area contributed by atoms with E-state index in [4.69, 9.17) is 4.74 Å². The van der Waals surface area contributed by atoms with Crippen LogP contribution in [0.4, 0.5) is 4.39 Å². The van der Waals surface area contributed by atoms with Crippen molar-refractivity contribution in [2.75, 3.05) is 26.2 Å². The number of Topliss-reactive ketones (excluding diaryl/α,β-unsaturated/α-hetero) is 1. The SMILES string of the molecule is O=C(Cc1ccc(F)cn1)C[N+]12CCC(CC1)[C@@H](OC(=O)C1(c3ccccc3)CCCCCC1)C2. The highest BCUT2D eigenvalue weighted by atomic mass is 19.1. The summed E-state index contributed by atoms with van der Waals surface area (Å²) in [5.74, 6) is 0.0302. The van der Waals surface area contributed by atoms with Gasteiger partial charge < -0.3 is 9.22 Å². The molecule has 4 heterocycles. The number of carbonyl (C=O) groups is 2. The minimum Gasteiger partial charge on any atom is -0.455 e. The van der Waals surface area contributed by atoms with Gasteiger partial charge in [0.1, 0.15) is 18.9 Å². The molecular formula is C29H36FN2O3+. The number of esters is 1. The fourth-order valence-electron chi connectivity index (χ4n) is 6.67. The smallest absolute Gasteiger partial charge is 0.317 e. The molecule has 6 heteroatoms. The Morgan fingerprint density at radius 3 is 2.37 bits per heavy atom. The van der Waals surface area contributed by atoms with E-state index in [0.29, 0.717) is 29.2 Å². The van der Waals surface area contributed by atoms with E-state index in [1.807, 2.05) is 18.2 Å². The average molecular weight is 480 g/mol. The van der Waals surface area contributed by atoms with Gasteiger partial charge in [-0.2, -0.15) is 0 Å². The lowest BCUT2D eigenvalue weighted by atomic mass is 9.74. The third-order valence-corrected chi connectivity index (χ3v) is 8.65. The molecule has 0 spiro atoms. The van der Waals surface area contributed by atoms with Crippen LogP contribution in [-0.2, 0) is 26.2 Å². The van der Waals surface area contributed by atoms with Gasteiger partial charge in [-0.25, -0.2) is 4.39 Å². The standard InChI is InChI=1S/C29H36FN2O3/c30-24-10-11-25(31-19-24)18-26(33)20-32-16-12-22(13-17-32)27(21-32)35-28(34)29(14-6-1-2-7-15-29)23-8-4-3-5-9-23/h3-5,8-11,19,22,27H,1-2,6-7,12-18,20-21H2/q+1/t22?,27-,32?/m0/s1. The van der Waals surface area contributed by atoms with Gasteiger partial charge in [0, 0.05) is 24.5 Å². The maximum absolute atomic E-state index is 13.9. The lowest BCUT2D eigenvalue weighted by Gasteiger charge is -2.52. The van der Waals surface area contributed by atoms with Crippen molar-refractivity contribution in [2.24, 2.45) is 5.92 Å². The Kier molecular flexibility index (Phi) is 7.01. The van der Waals surface area contributed by atoms with Crippen molar-refractivity contribution in [3.63, 3.8) is 0 Å². The van der Waals surface area contributed by atoms with Crippen LogP contribution >= 0.6 is 0 Å². The molecule has 1 saturated carbocycles. The van der Waals surface area contributed by atoms with Gasteiger partial charge in [-0.15, -0.1) is 0 Å². The van der Waals surface area contributed by atoms with E-state index >= 15 is 0 Å². The van der Waals surface area contributed by atoms with Crippen LogP contribution < -0.4 is 0 Å². The highest BCUT2D eigenvalue weighted by molar-refractivity contribution is 5.83. The number of nitrogens with zero attached hydrogens (tertiary/aromatic N) is 2. The number of ketones is 1. The largest absolute Gasteiger partial charge is 0.455 e. The van der Waals surface area contributed by atoms with E-state index in [-0.39, 0.29) is 24.3 Å². The third-order valence-electron chi connectivity index (χ3n) is 8.65. The number of aromatic nitrogens is 1. The Hall–Kier alpha value is -2.60. The first-order chi connectivity index (χ1) is 17.0. The zero-order chi connectivity index (χ0) is 24.3. The molecule has 2 aromatic rings. The highest BCUT2D eigenvalue weighted by Crippen LogP contribution is 2.42. The predicted molar refractivity (Wildman–Crippen MR) is 131 cm³/mol. The zero-order valence-electron chi connectivity index (χ0n) is 20.5. The predicted octanol–water partition coefficient (Wildman–Crippen LogP) is 4.78. The summed E-state index contributed by atoms with van der Waals surface area (Å²) in [6.45, 7) is 3.03. The van der Waals surface area contributed by atoms with Gasteiger partial charge in [0.15, 0.2) is 11.9 Å². The first-order valence-electron chi connectivity index (χ1n) is 13.2. The maximum Gasteiger partial charge on any atom is 0.317 e. The van der Waals surface area contributed by atoms with Crippen molar-refractivity contribution in [3.8, 4) is 0 Å². The van der Waals surface area contributed by atoms with E-state index in [1.165, 1.54) is 18.9 Å². The number of hydrogen-bond acceptors (Lipinski definition) is 4. The van der Waals surface area contributed by atoms with Crippen LogP contribution in [0.1, 0.15) is 62.6 Å². The lowest BCUT2D eigenvalue weighted by Crippen LogP contribution is -2.66. The second-order valence-corrected chi connectivity index (χ2v) is 11.0. The summed E-state index contributed by atoms with van der Waals surface area (Å²) >= 11 is 0. The number of ether oxygens (including phenoxy) is 1. The van der Waals surface area contributed by atoms with Gasteiger partial charge >= 0.3 is 5.97 Å². The number of fused-ring (bicyclic) bond motifs is 3. The van der Waals surface area contributed by atoms with E-state index in [2.05, 4.69) is 17.1 Å². The molecule has 6 rings (SSSR count). The van der Waals surface area contributed by atoms with Gasteiger partial charge in [0.25, 0.3) is 0 Å². The van der Waals surface area contributed by atoms with E-state index in [0.717, 1.165) is 63.4 Å². The van der Waals surface area contributed by atoms with Crippen molar-refractivity contribution >= 4 is 11.8 Å². The summed E-state index contributed by atoms with van der Waals surface area (Å²) in [5, 5.41) is 0. The van der Waals surface area contributed by atoms with Crippen LogP contribution in [0.2, 0.25) is 0 Å². The van der Waals surface area contributed by atoms with E-state index in [1.54, 1.807) is 6.07 Å². The van der Waals surface area contributed by atoms with Crippen LogP contribution in [0.5, 0.6) is 0 Å². The quantitative estimate of drug-likeness (QED) is 0.326. The second-order valence-electron chi connectivity index (χ2n) is 11.0. The second kappa shape index (κ2) is 10.2. The minimum absolute atomic E-state index is 0.0654. The lowest BCUT2D eigenvalue weighted by molar-refractivity contribution is -0.939. The Morgan fingerprint density at radius 1 is 1.00 bits per heavy atom. The van der Waals surface area contributed by atoms with Gasteiger partial charge in [-0.1, -0.05) is 56.0 Å². The molecule has 1 atom stereocenters. The fourth-order valence-corrected chi connectivity index (χ4v) is 6.67. The first-order valence-corrected chi connectivity index (χ1v) is 13.2. The number of quaternary nitrogens is 1. The van der Waals surface area contributed by atoms with Gasteiger partial charge in [-0.05, 0) is 30.5 Å². The van der Waals surface area contributed by atoms with Gasteiger partial charge in [-0.3, -0.25) is 14.6 Å². The van der Waals surface area contributed by atoms with Crippen LogP contribution in [0.3, 0.4) is 0 Å². The van der Waals surface area contributed by atoms with Crippen molar-refractivity contribution in [3.05, 3.63) is 65.7 Å². The Bertz CT molecular complexity index is 1020.